The van der Waals surface area contributed by atoms with Crippen molar-refractivity contribution in [3.05, 3.63) is 101 Å². The highest BCUT2D eigenvalue weighted by Gasteiger charge is 2.34. The summed E-state index contributed by atoms with van der Waals surface area (Å²) in [5.74, 6) is -0.694. The molecule has 0 aliphatic heterocycles. The van der Waals surface area contributed by atoms with Gasteiger partial charge in [0.2, 0.25) is 21.8 Å². The van der Waals surface area contributed by atoms with Gasteiger partial charge in [0.25, 0.3) is 0 Å². The van der Waals surface area contributed by atoms with Crippen LogP contribution in [0.5, 0.6) is 0 Å². The maximum absolute atomic E-state index is 14.2. The van der Waals surface area contributed by atoms with Crippen LogP contribution < -0.4 is 9.62 Å². The van der Waals surface area contributed by atoms with E-state index < -0.39 is 28.5 Å². The number of benzene rings is 3. The van der Waals surface area contributed by atoms with Gasteiger partial charge in [-0.15, -0.1) is 0 Å². The minimum atomic E-state index is -3.80. The average molecular weight is 610 g/mol. The fourth-order valence-electron chi connectivity index (χ4n) is 5.40. The number of carbonyl (C=O) groups excluding carboxylic acids is 2. The Kier molecular flexibility index (Phi) is 11.0. The predicted molar refractivity (Wildman–Crippen MR) is 169 cm³/mol. The van der Waals surface area contributed by atoms with Crippen molar-refractivity contribution in [1.29, 1.82) is 0 Å². The number of anilines is 1. The molecule has 224 valence electrons. The lowest BCUT2D eigenvalue weighted by atomic mass is 9.94. The molecule has 3 aromatic rings. The summed E-state index contributed by atoms with van der Waals surface area (Å²) in [5, 5.41) is 3.77. The Morgan fingerprint density at radius 3 is 2.10 bits per heavy atom. The van der Waals surface area contributed by atoms with E-state index in [-0.39, 0.29) is 18.5 Å². The molecule has 0 bridgehead atoms. The van der Waals surface area contributed by atoms with Crippen molar-refractivity contribution in [2.75, 3.05) is 17.1 Å². The summed E-state index contributed by atoms with van der Waals surface area (Å²) in [6.45, 7) is 1.71. The molecule has 0 heterocycles. The van der Waals surface area contributed by atoms with Crippen molar-refractivity contribution in [1.82, 2.24) is 10.2 Å². The number of carbonyl (C=O) groups is 2. The quantitative estimate of drug-likeness (QED) is 0.283. The molecule has 3 aromatic carbocycles. The van der Waals surface area contributed by atoms with Crippen LogP contribution in [0.1, 0.15) is 55.7 Å². The Bertz CT molecular complexity index is 1420. The number of sulfonamides is 1. The average Bonchev–Trinajstić information content (AvgIpc) is 2.99. The van der Waals surface area contributed by atoms with E-state index in [9.17, 15) is 18.0 Å². The molecule has 0 radical (unpaired) electrons. The monoisotopic (exact) mass is 609 g/mol. The van der Waals surface area contributed by atoms with Crippen LogP contribution in [0.15, 0.2) is 78.9 Å². The topological polar surface area (TPSA) is 86.8 Å². The van der Waals surface area contributed by atoms with Gasteiger partial charge in [0.1, 0.15) is 12.6 Å². The largest absolute Gasteiger partial charge is 0.352 e. The molecule has 9 heteroatoms. The zero-order chi connectivity index (χ0) is 30.1. The fourth-order valence-corrected chi connectivity index (χ4v) is 6.37. The van der Waals surface area contributed by atoms with Crippen molar-refractivity contribution in [3.63, 3.8) is 0 Å². The molecule has 7 nitrogen and oxygen atoms in total. The van der Waals surface area contributed by atoms with Gasteiger partial charge < -0.3 is 10.2 Å². The predicted octanol–water partition coefficient (Wildman–Crippen LogP) is 5.76. The highest BCUT2D eigenvalue weighted by Crippen LogP contribution is 2.23. The molecule has 1 aliphatic carbocycles. The summed E-state index contributed by atoms with van der Waals surface area (Å²) in [7, 11) is -3.80. The number of halogens is 1. The summed E-state index contributed by atoms with van der Waals surface area (Å²) < 4.78 is 27.0. The third-order valence-corrected chi connectivity index (χ3v) is 9.19. The molecule has 1 aliphatic rings. The van der Waals surface area contributed by atoms with Gasteiger partial charge in [-0.1, -0.05) is 92.4 Å². The molecule has 0 aromatic heterocycles. The van der Waals surface area contributed by atoms with Crippen molar-refractivity contribution < 1.29 is 18.0 Å². The van der Waals surface area contributed by atoms with Crippen molar-refractivity contribution in [2.45, 2.75) is 70.5 Å². The zero-order valence-electron chi connectivity index (χ0n) is 24.3. The third-order valence-electron chi connectivity index (χ3n) is 7.80. The number of rotatable bonds is 12. The highest BCUT2D eigenvalue weighted by molar-refractivity contribution is 7.92. The van der Waals surface area contributed by atoms with E-state index in [1.54, 1.807) is 24.3 Å². The first-order chi connectivity index (χ1) is 20.1. The highest BCUT2D eigenvalue weighted by atomic mass is 35.5. The molecule has 1 atom stereocenters. The Hall–Kier alpha value is -3.36. The molecule has 0 spiro atoms. The number of aryl methyl sites for hydroxylation is 1. The zero-order valence-corrected chi connectivity index (χ0v) is 25.9. The first kappa shape index (κ1) is 31.6. The first-order valence-corrected chi connectivity index (χ1v) is 16.8. The lowest BCUT2D eigenvalue weighted by Crippen LogP contribution is -2.55. The van der Waals surface area contributed by atoms with Gasteiger partial charge in [-0.25, -0.2) is 8.42 Å². The van der Waals surface area contributed by atoms with Crippen molar-refractivity contribution in [3.8, 4) is 0 Å². The molecule has 2 amide bonds. The second kappa shape index (κ2) is 14.7. The number of hydrogen-bond donors (Lipinski definition) is 1. The molecule has 1 N–H and O–H groups in total. The van der Waals surface area contributed by atoms with Crippen LogP contribution in [-0.2, 0) is 39.0 Å². The van der Waals surface area contributed by atoms with Gasteiger partial charge in [0.15, 0.2) is 0 Å². The summed E-state index contributed by atoms with van der Waals surface area (Å²) in [4.78, 5) is 29.7. The summed E-state index contributed by atoms with van der Waals surface area (Å²) in [6, 6.07) is 23.1. The molecule has 0 saturated heterocycles. The van der Waals surface area contributed by atoms with Crippen molar-refractivity contribution in [2.24, 2.45) is 0 Å². The molecular formula is C33H40ClN3O4S. The van der Waals surface area contributed by atoms with E-state index in [0.717, 1.165) is 65.8 Å². The Balaban J connectivity index is 1.70. The maximum atomic E-state index is 14.2. The van der Waals surface area contributed by atoms with Crippen LogP contribution >= 0.6 is 11.6 Å². The third kappa shape index (κ3) is 8.82. The van der Waals surface area contributed by atoms with Crippen molar-refractivity contribution >= 4 is 39.1 Å². The minimum absolute atomic E-state index is 0.0570. The number of nitrogens with one attached hydrogen (secondary N) is 1. The van der Waals surface area contributed by atoms with Gasteiger partial charge in [-0.3, -0.25) is 13.9 Å². The van der Waals surface area contributed by atoms with E-state index in [1.165, 1.54) is 4.90 Å². The first-order valence-electron chi connectivity index (χ1n) is 14.6. The van der Waals surface area contributed by atoms with E-state index in [4.69, 9.17) is 11.6 Å². The molecule has 1 fully saturated rings. The van der Waals surface area contributed by atoms with Crippen LogP contribution in [0.3, 0.4) is 0 Å². The standard InChI is InChI=1S/C33H40ClN3O4S/c1-3-25-16-20-30(21-17-25)37(42(2,40)41)24-32(38)36(23-27-14-18-28(34)19-15-27)31(22-26-10-6-4-7-11-26)33(39)35-29-12-8-5-9-13-29/h4,6-7,10-11,14-21,29,31H,3,5,8-9,12-13,22-24H2,1-2H3,(H,35,39)/t31-/m1/s1. The number of hydrogen-bond acceptors (Lipinski definition) is 4. The van der Waals surface area contributed by atoms with E-state index in [2.05, 4.69) is 5.32 Å². The maximum Gasteiger partial charge on any atom is 0.244 e. The molecular weight excluding hydrogens is 570 g/mol. The van der Waals surface area contributed by atoms with E-state index >= 15 is 0 Å². The summed E-state index contributed by atoms with van der Waals surface area (Å²) >= 11 is 6.13. The van der Waals surface area contributed by atoms with Gasteiger partial charge in [0.05, 0.1) is 11.9 Å². The summed E-state index contributed by atoms with van der Waals surface area (Å²) in [5.41, 5.74) is 3.16. The van der Waals surface area contributed by atoms with Crippen LogP contribution in [0, 0.1) is 0 Å². The van der Waals surface area contributed by atoms with Crippen LogP contribution in [0.25, 0.3) is 0 Å². The smallest absolute Gasteiger partial charge is 0.244 e. The van der Waals surface area contributed by atoms with Gasteiger partial charge in [-0.05, 0) is 60.2 Å². The molecule has 42 heavy (non-hydrogen) atoms. The normalized spacial score (nSPS) is 14.6. The van der Waals surface area contributed by atoms with Crippen LogP contribution in [0.2, 0.25) is 5.02 Å². The number of nitrogens with zero attached hydrogens (tertiary/aromatic N) is 2. The molecule has 4 rings (SSSR count). The SMILES string of the molecule is CCc1ccc(N(CC(=O)N(Cc2ccc(Cl)cc2)[C@H](Cc2ccccc2)C(=O)NC2CCCCC2)S(C)(=O)=O)cc1. The molecule has 1 saturated carbocycles. The molecule has 0 unspecified atom stereocenters. The lowest BCUT2D eigenvalue weighted by Gasteiger charge is -2.35. The second-order valence-corrected chi connectivity index (χ2v) is 13.3. The second-order valence-electron chi connectivity index (χ2n) is 11.0. The summed E-state index contributed by atoms with van der Waals surface area (Å²) in [6.07, 6.45) is 7.28. The minimum Gasteiger partial charge on any atom is -0.352 e. The van der Waals surface area contributed by atoms with Crippen LogP contribution in [-0.4, -0.2) is 50.0 Å². The Morgan fingerprint density at radius 1 is 0.881 bits per heavy atom. The Labute approximate surface area is 254 Å². The van der Waals surface area contributed by atoms with Crippen LogP contribution in [0.4, 0.5) is 5.69 Å². The lowest BCUT2D eigenvalue weighted by molar-refractivity contribution is -0.140. The van der Waals surface area contributed by atoms with Gasteiger partial charge in [0, 0.05) is 24.0 Å². The van der Waals surface area contributed by atoms with E-state index in [1.807, 2.05) is 61.5 Å². The van der Waals surface area contributed by atoms with Gasteiger partial charge >= 0.3 is 0 Å². The Morgan fingerprint density at radius 2 is 1.50 bits per heavy atom. The number of amides is 2. The van der Waals surface area contributed by atoms with Gasteiger partial charge in [-0.2, -0.15) is 0 Å². The van der Waals surface area contributed by atoms with E-state index in [0.29, 0.717) is 17.1 Å². The fraction of sp³-hybridized carbons (Fsp3) is 0.394.